The molecule has 4 aromatic carbocycles. The van der Waals surface area contributed by atoms with Gasteiger partial charge in [0.2, 0.25) is 17.7 Å². The maximum Gasteiger partial charge on any atom is 0.261 e. The van der Waals surface area contributed by atoms with Crippen molar-refractivity contribution in [3.05, 3.63) is 137 Å². The first-order valence-corrected chi connectivity index (χ1v) is 13.5. The summed E-state index contributed by atoms with van der Waals surface area (Å²) in [6.07, 6.45) is 1.65. The third-order valence-corrected chi connectivity index (χ3v) is 9.11. The smallest absolute Gasteiger partial charge is 0.261 e. The molecule has 2 aliphatic heterocycles. The molecule has 1 unspecified atom stereocenters. The number of rotatable bonds is 2. The summed E-state index contributed by atoms with van der Waals surface area (Å²) in [7, 11) is 0. The van der Waals surface area contributed by atoms with Crippen LogP contribution in [0.3, 0.4) is 0 Å². The molecule has 0 saturated carbocycles. The molecule has 2 heterocycles. The van der Waals surface area contributed by atoms with Crippen LogP contribution in [0, 0.1) is 23.0 Å². The third-order valence-electron chi connectivity index (χ3n) is 9.11. The predicted octanol–water partition coefficient (Wildman–Crippen LogP) is 5.34. The van der Waals surface area contributed by atoms with Gasteiger partial charge < -0.3 is 0 Å². The van der Waals surface area contributed by atoms with Gasteiger partial charge in [0.15, 0.2) is 0 Å². The van der Waals surface area contributed by atoms with Crippen LogP contribution in [0.5, 0.6) is 0 Å². The highest BCUT2D eigenvalue weighted by molar-refractivity contribution is 6.35. The van der Waals surface area contributed by atoms with Crippen molar-refractivity contribution in [1.29, 1.82) is 0 Å². The molecule has 2 aliphatic carbocycles. The number of anilines is 2. The quantitative estimate of drug-likeness (QED) is 0.312. The van der Waals surface area contributed by atoms with Crippen LogP contribution in [-0.2, 0) is 19.2 Å². The molecule has 0 bridgehead atoms. The summed E-state index contributed by atoms with van der Waals surface area (Å²) in [5, 5.41) is 0. The van der Waals surface area contributed by atoms with Crippen molar-refractivity contribution < 1.29 is 28.0 Å². The molecule has 4 aromatic rings. The fourth-order valence-corrected chi connectivity index (χ4v) is 7.57. The highest BCUT2D eigenvalue weighted by Gasteiger charge is 2.75. The first-order chi connectivity index (χ1) is 20.3. The lowest BCUT2D eigenvalue weighted by molar-refractivity contribution is -0.135. The van der Waals surface area contributed by atoms with Gasteiger partial charge in [0.1, 0.15) is 11.6 Å². The van der Waals surface area contributed by atoms with Gasteiger partial charge in [-0.3, -0.25) is 19.2 Å². The Labute approximate surface area is 238 Å². The molecule has 0 radical (unpaired) electrons. The van der Waals surface area contributed by atoms with Gasteiger partial charge in [0, 0.05) is 11.5 Å². The van der Waals surface area contributed by atoms with Gasteiger partial charge in [-0.05, 0) is 76.9 Å². The first-order valence-electron chi connectivity index (χ1n) is 13.5. The minimum absolute atomic E-state index is 0.0965. The number of amides is 4. The zero-order valence-electron chi connectivity index (χ0n) is 21.8. The molecule has 0 N–H and O–H groups in total. The molecule has 204 valence electrons. The second kappa shape index (κ2) is 8.39. The highest BCUT2D eigenvalue weighted by Crippen LogP contribution is 2.69. The summed E-state index contributed by atoms with van der Waals surface area (Å²) in [6.45, 7) is 0. The van der Waals surface area contributed by atoms with Crippen molar-refractivity contribution in [2.45, 2.75) is 11.8 Å². The van der Waals surface area contributed by atoms with Crippen LogP contribution in [0.25, 0.3) is 6.08 Å². The lowest BCUT2D eigenvalue weighted by Gasteiger charge is -2.37. The zero-order chi connectivity index (χ0) is 28.9. The Bertz CT molecular complexity index is 1920. The molecule has 8 heteroatoms. The molecule has 0 aromatic heterocycles. The molecule has 2 saturated heterocycles. The van der Waals surface area contributed by atoms with Crippen molar-refractivity contribution in [2.75, 3.05) is 9.80 Å². The Kier molecular flexibility index (Phi) is 4.90. The first kappa shape index (κ1) is 24.5. The summed E-state index contributed by atoms with van der Waals surface area (Å²) >= 11 is 0. The van der Waals surface area contributed by atoms with Gasteiger partial charge in [-0.25, -0.2) is 18.6 Å². The van der Waals surface area contributed by atoms with Gasteiger partial charge in [-0.1, -0.05) is 48.5 Å². The van der Waals surface area contributed by atoms with Crippen molar-refractivity contribution >= 4 is 41.1 Å². The Balaban J connectivity index is 1.44. The van der Waals surface area contributed by atoms with Crippen molar-refractivity contribution in [3.63, 3.8) is 0 Å². The van der Waals surface area contributed by atoms with E-state index in [4.69, 9.17) is 0 Å². The Hall–Kier alpha value is -5.24. The lowest BCUT2D eigenvalue weighted by atomic mass is 9.60. The number of hydrogen-bond acceptors (Lipinski definition) is 4. The van der Waals surface area contributed by atoms with Crippen LogP contribution in [0.15, 0.2) is 103 Å². The molecular weight excluding hydrogens is 538 g/mol. The molecule has 42 heavy (non-hydrogen) atoms. The minimum atomic E-state index is -1.71. The molecule has 6 nitrogen and oxygen atoms in total. The number of imide groups is 2. The second-order valence-corrected chi connectivity index (χ2v) is 11.0. The largest absolute Gasteiger partial charge is 0.273 e. The molecule has 8 rings (SSSR count). The maximum atomic E-state index is 15.0. The van der Waals surface area contributed by atoms with E-state index in [1.165, 1.54) is 36.4 Å². The van der Waals surface area contributed by atoms with Crippen LogP contribution in [-0.4, -0.2) is 23.6 Å². The lowest BCUT2D eigenvalue weighted by Crippen LogP contribution is -2.48. The Morgan fingerprint density at radius 3 is 1.67 bits per heavy atom. The third kappa shape index (κ3) is 2.91. The van der Waals surface area contributed by atoms with E-state index in [0.29, 0.717) is 11.1 Å². The van der Waals surface area contributed by atoms with Crippen molar-refractivity contribution in [1.82, 2.24) is 0 Å². The van der Waals surface area contributed by atoms with E-state index in [9.17, 15) is 23.2 Å². The van der Waals surface area contributed by atoms with Crippen LogP contribution in [0.4, 0.5) is 20.2 Å². The van der Waals surface area contributed by atoms with E-state index < -0.39 is 58.4 Å². The summed E-state index contributed by atoms with van der Waals surface area (Å²) in [5.41, 5.74) is 1.48. The summed E-state index contributed by atoms with van der Waals surface area (Å²) in [5.74, 6) is -6.64. The van der Waals surface area contributed by atoms with E-state index in [0.717, 1.165) is 33.1 Å². The molecule has 4 aliphatic rings. The maximum absolute atomic E-state index is 15.0. The van der Waals surface area contributed by atoms with Gasteiger partial charge in [0.05, 0.1) is 28.6 Å². The van der Waals surface area contributed by atoms with Gasteiger partial charge in [-0.15, -0.1) is 0 Å². The van der Waals surface area contributed by atoms with E-state index >= 15 is 4.79 Å². The van der Waals surface area contributed by atoms with E-state index in [1.54, 1.807) is 18.2 Å². The normalized spacial score (nSPS) is 25.5. The van der Waals surface area contributed by atoms with Gasteiger partial charge in [0.25, 0.3) is 5.91 Å². The molecular formula is C34H20F2N2O4. The highest BCUT2D eigenvalue weighted by atomic mass is 19.1. The number of hydrogen-bond donors (Lipinski definition) is 0. The number of carbonyl (C=O) groups is 4. The number of fused-ring (bicyclic) bond motifs is 6. The van der Waals surface area contributed by atoms with E-state index in [-0.39, 0.29) is 16.9 Å². The minimum Gasteiger partial charge on any atom is -0.273 e. The summed E-state index contributed by atoms with van der Waals surface area (Å²) in [6, 6.07) is 24.6. The summed E-state index contributed by atoms with van der Waals surface area (Å²) < 4.78 is 27.7. The average Bonchev–Trinajstić information content (AvgIpc) is 3.47. The number of halogens is 2. The average molecular weight is 559 g/mol. The SMILES string of the molecule is O=C1C2=Cc3ccccc3[C@@H]3c4ccccc4[C@H]4C(=O)N(c5ccc(F)cc5)C(=O)[C@@]34C2C(=O)N1c1ccc(F)cc1. The fourth-order valence-electron chi connectivity index (χ4n) is 7.57. The number of carbonyl (C=O) groups excluding carboxylic acids is 4. The van der Waals surface area contributed by atoms with Crippen molar-refractivity contribution in [3.8, 4) is 0 Å². The number of benzene rings is 4. The van der Waals surface area contributed by atoms with E-state index in [2.05, 4.69) is 0 Å². The predicted molar refractivity (Wildman–Crippen MR) is 149 cm³/mol. The zero-order valence-corrected chi connectivity index (χ0v) is 21.8. The summed E-state index contributed by atoms with van der Waals surface area (Å²) in [4.78, 5) is 60.1. The van der Waals surface area contributed by atoms with Crippen LogP contribution in [0.1, 0.15) is 34.1 Å². The van der Waals surface area contributed by atoms with Crippen LogP contribution in [0.2, 0.25) is 0 Å². The number of nitrogens with zero attached hydrogens (tertiary/aromatic N) is 2. The molecule has 2 fully saturated rings. The van der Waals surface area contributed by atoms with E-state index in [1.807, 2.05) is 36.4 Å². The fraction of sp³-hybridized carbons (Fsp3) is 0.118. The van der Waals surface area contributed by atoms with Gasteiger partial charge in [-0.2, -0.15) is 0 Å². The van der Waals surface area contributed by atoms with Crippen LogP contribution < -0.4 is 9.80 Å². The van der Waals surface area contributed by atoms with Crippen LogP contribution >= 0.6 is 0 Å². The Morgan fingerprint density at radius 1 is 0.548 bits per heavy atom. The molecule has 4 atom stereocenters. The molecule has 4 amide bonds. The molecule has 1 spiro atoms. The van der Waals surface area contributed by atoms with Crippen molar-refractivity contribution in [2.24, 2.45) is 11.3 Å². The monoisotopic (exact) mass is 558 g/mol. The Morgan fingerprint density at radius 2 is 1.05 bits per heavy atom. The van der Waals surface area contributed by atoms with Gasteiger partial charge >= 0.3 is 0 Å². The topological polar surface area (TPSA) is 74.8 Å². The second-order valence-electron chi connectivity index (χ2n) is 11.0. The standard InChI is InChI=1S/C34H20F2N2O4/c35-19-9-13-21(14-10-19)37-30(39)26-17-18-5-1-2-6-23(18)27-24-7-3-4-8-25(24)28-32(41)38(22-15-11-20(36)12-16-22)33(42)34(27,28)29(26)31(37)40/h1-17,27-29H/t27-,28+,29?,34+/m1/s1.